The molecule has 1 aromatic heterocycles. The Balaban J connectivity index is 2.27. The third kappa shape index (κ3) is 1.65. The van der Waals surface area contributed by atoms with Gasteiger partial charge in [0.2, 0.25) is 0 Å². The second kappa shape index (κ2) is 3.27. The summed E-state index contributed by atoms with van der Waals surface area (Å²) in [6.45, 7) is 6.82. The van der Waals surface area contributed by atoms with Crippen molar-refractivity contribution in [2.45, 2.75) is 51.0 Å². The minimum absolute atomic E-state index is 0.0174. The van der Waals surface area contributed by atoms with Crippen molar-refractivity contribution < 1.29 is 0 Å². The Kier molecular flexibility index (Phi) is 2.30. The average Bonchev–Trinajstić information content (AvgIpc) is 2.51. The zero-order valence-electron chi connectivity index (χ0n) is 9.69. The second-order valence-corrected chi connectivity index (χ2v) is 5.41. The predicted octanol–water partition coefficient (Wildman–Crippen LogP) is 0.808. The lowest BCUT2D eigenvalue weighted by Crippen LogP contribution is -2.42. The number of rotatable bonds is 2. The van der Waals surface area contributed by atoms with Gasteiger partial charge >= 0.3 is 0 Å². The lowest BCUT2D eigenvalue weighted by Gasteiger charge is -2.37. The molecule has 0 saturated heterocycles. The van der Waals surface area contributed by atoms with Crippen LogP contribution in [0.5, 0.6) is 0 Å². The zero-order chi connectivity index (χ0) is 11.1. The van der Waals surface area contributed by atoms with Crippen LogP contribution in [-0.4, -0.2) is 26.8 Å². The molecule has 5 nitrogen and oxygen atoms in total. The molecule has 5 heteroatoms. The topological polar surface area (TPSA) is 69.6 Å². The first-order valence-electron chi connectivity index (χ1n) is 5.49. The van der Waals surface area contributed by atoms with Gasteiger partial charge in [0.05, 0.1) is 5.54 Å². The monoisotopic (exact) mass is 209 g/mol. The van der Waals surface area contributed by atoms with Gasteiger partial charge in [-0.05, 0) is 38.8 Å². The number of aromatic nitrogens is 4. The van der Waals surface area contributed by atoms with Gasteiger partial charge in [-0.25, -0.2) is 0 Å². The molecule has 1 aliphatic carbocycles. The van der Waals surface area contributed by atoms with E-state index in [0.29, 0.717) is 6.54 Å². The van der Waals surface area contributed by atoms with Crippen molar-refractivity contribution >= 4 is 0 Å². The van der Waals surface area contributed by atoms with Crippen molar-refractivity contribution in [1.82, 2.24) is 20.2 Å². The molecule has 0 unspecified atom stereocenters. The SMILES string of the molecule is CC(C)(C)n1nnc(C2(CN)CCC2)n1. The highest BCUT2D eigenvalue weighted by Crippen LogP contribution is 2.40. The van der Waals surface area contributed by atoms with Crippen molar-refractivity contribution in [2.75, 3.05) is 6.54 Å². The van der Waals surface area contributed by atoms with Gasteiger partial charge in [0.15, 0.2) is 5.82 Å². The van der Waals surface area contributed by atoms with Crippen molar-refractivity contribution in [3.8, 4) is 0 Å². The standard InChI is InChI=1S/C10H19N5/c1-9(2,3)15-13-8(12-14-15)10(7-11)5-4-6-10/h4-7,11H2,1-3H3. The Hall–Kier alpha value is -0.970. The molecule has 0 amide bonds. The molecule has 0 bridgehead atoms. The van der Waals surface area contributed by atoms with Gasteiger partial charge in [-0.2, -0.15) is 4.80 Å². The molecule has 2 N–H and O–H groups in total. The lowest BCUT2D eigenvalue weighted by molar-refractivity contribution is 0.233. The third-order valence-electron chi connectivity index (χ3n) is 3.19. The highest BCUT2D eigenvalue weighted by molar-refractivity contribution is 5.11. The minimum atomic E-state index is -0.106. The third-order valence-corrected chi connectivity index (χ3v) is 3.19. The van der Waals surface area contributed by atoms with Gasteiger partial charge in [-0.15, -0.1) is 10.2 Å². The highest BCUT2D eigenvalue weighted by atomic mass is 15.6. The summed E-state index contributed by atoms with van der Waals surface area (Å²) in [6, 6.07) is 0. The van der Waals surface area contributed by atoms with E-state index in [1.165, 1.54) is 6.42 Å². The van der Waals surface area contributed by atoms with Crippen LogP contribution in [0.1, 0.15) is 45.9 Å². The summed E-state index contributed by atoms with van der Waals surface area (Å²) in [7, 11) is 0. The molecule has 2 rings (SSSR count). The van der Waals surface area contributed by atoms with Gasteiger partial charge in [0.1, 0.15) is 0 Å². The summed E-state index contributed by atoms with van der Waals surface area (Å²) in [6.07, 6.45) is 3.42. The Morgan fingerprint density at radius 3 is 2.40 bits per heavy atom. The zero-order valence-corrected chi connectivity index (χ0v) is 9.69. The summed E-state index contributed by atoms with van der Waals surface area (Å²) >= 11 is 0. The molecule has 15 heavy (non-hydrogen) atoms. The summed E-state index contributed by atoms with van der Waals surface area (Å²) in [4.78, 5) is 1.68. The molecular formula is C10H19N5. The fourth-order valence-corrected chi connectivity index (χ4v) is 1.83. The Morgan fingerprint density at radius 1 is 1.40 bits per heavy atom. The molecular weight excluding hydrogens is 190 g/mol. The Labute approximate surface area is 90.0 Å². The van der Waals surface area contributed by atoms with E-state index in [2.05, 4.69) is 36.2 Å². The van der Waals surface area contributed by atoms with Crippen LogP contribution in [0, 0.1) is 0 Å². The van der Waals surface area contributed by atoms with Crippen LogP contribution in [0.15, 0.2) is 0 Å². The number of hydrogen-bond donors (Lipinski definition) is 1. The summed E-state index contributed by atoms with van der Waals surface area (Å²) < 4.78 is 0. The van der Waals surface area contributed by atoms with Crippen LogP contribution in [-0.2, 0) is 11.0 Å². The normalized spacial score (nSPS) is 20.0. The molecule has 1 heterocycles. The molecule has 0 aromatic carbocycles. The summed E-state index contributed by atoms with van der Waals surface area (Å²) in [5, 5.41) is 12.7. The minimum Gasteiger partial charge on any atom is -0.329 e. The van der Waals surface area contributed by atoms with E-state index < -0.39 is 0 Å². The van der Waals surface area contributed by atoms with Gasteiger partial charge in [-0.3, -0.25) is 0 Å². The van der Waals surface area contributed by atoms with Gasteiger partial charge in [0.25, 0.3) is 0 Å². The summed E-state index contributed by atoms with van der Waals surface area (Å²) in [5.74, 6) is 0.825. The van der Waals surface area contributed by atoms with Crippen molar-refractivity contribution in [1.29, 1.82) is 0 Å². The molecule has 84 valence electrons. The molecule has 1 fully saturated rings. The van der Waals surface area contributed by atoms with E-state index in [1.807, 2.05) is 0 Å². The van der Waals surface area contributed by atoms with Crippen LogP contribution in [0.2, 0.25) is 0 Å². The van der Waals surface area contributed by atoms with Gasteiger partial charge < -0.3 is 5.73 Å². The quantitative estimate of drug-likeness (QED) is 0.782. The van der Waals surface area contributed by atoms with E-state index in [9.17, 15) is 0 Å². The maximum atomic E-state index is 5.80. The number of nitrogens with zero attached hydrogens (tertiary/aromatic N) is 4. The molecule has 1 saturated carbocycles. The fraction of sp³-hybridized carbons (Fsp3) is 0.900. The Bertz CT molecular complexity index is 339. The van der Waals surface area contributed by atoms with Gasteiger partial charge in [0, 0.05) is 12.0 Å². The molecule has 1 aromatic rings. The van der Waals surface area contributed by atoms with Crippen LogP contribution in [0.25, 0.3) is 0 Å². The fourth-order valence-electron chi connectivity index (χ4n) is 1.83. The highest BCUT2D eigenvalue weighted by Gasteiger charge is 2.41. The predicted molar refractivity (Wildman–Crippen MR) is 57.4 cm³/mol. The van der Waals surface area contributed by atoms with E-state index in [4.69, 9.17) is 5.73 Å². The van der Waals surface area contributed by atoms with E-state index in [0.717, 1.165) is 18.7 Å². The van der Waals surface area contributed by atoms with Crippen molar-refractivity contribution in [3.63, 3.8) is 0 Å². The van der Waals surface area contributed by atoms with E-state index >= 15 is 0 Å². The van der Waals surface area contributed by atoms with Crippen molar-refractivity contribution in [3.05, 3.63) is 5.82 Å². The first-order valence-corrected chi connectivity index (χ1v) is 5.49. The van der Waals surface area contributed by atoms with E-state index in [-0.39, 0.29) is 11.0 Å². The van der Waals surface area contributed by atoms with Crippen LogP contribution in [0.4, 0.5) is 0 Å². The molecule has 0 aliphatic heterocycles. The molecule has 0 atom stereocenters. The van der Waals surface area contributed by atoms with Crippen LogP contribution in [0.3, 0.4) is 0 Å². The molecule has 0 spiro atoms. The van der Waals surface area contributed by atoms with Crippen molar-refractivity contribution in [2.24, 2.45) is 5.73 Å². The molecule has 1 aliphatic rings. The number of nitrogens with two attached hydrogens (primary N) is 1. The average molecular weight is 209 g/mol. The van der Waals surface area contributed by atoms with Crippen LogP contribution >= 0.6 is 0 Å². The Morgan fingerprint density at radius 2 is 2.07 bits per heavy atom. The first-order chi connectivity index (χ1) is 6.98. The van der Waals surface area contributed by atoms with Gasteiger partial charge in [-0.1, -0.05) is 6.42 Å². The smallest absolute Gasteiger partial charge is 0.182 e. The summed E-state index contributed by atoms with van der Waals surface area (Å²) in [5.41, 5.74) is 5.71. The maximum absolute atomic E-state index is 5.80. The number of hydrogen-bond acceptors (Lipinski definition) is 4. The lowest BCUT2D eigenvalue weighted by atomic mass is 9.68. The second-order valence-electron chi connectivity index (χ2n) is 5.41. The first kappa shape index (κ1) is 10.5. The van der Waals surface area contributed by atoms with Crippen LogP contribution < -0.4 is 5.73 Å². The largest absolute Gasteiger partial charge is 0.329 e. The number of tetrazole rings is 1. The maximum Gasteiger partial charge on any atom is 0.182 e. The van der Waals surface area contributed by atoms with E-state index in [1.54, 1.807) is 4.80 Å². The molecule has 0 radical (unpaired) electrons.